The van der Waals surface area contributed by atoms with Crippen molar-refractivity contribution in [2.24, 2.45) is 0 Å². The summed E-state index contributed by atoms with van der Waals surface area (Å²) in [6, 6.07) is 15.0. The summed E-state index contributed by atoms with van der Waals surface area (Å²) in [5.74, 6) is 0.181. The summed E-state index contributed by atoms with van der Waals surface area (Å²) in [5.41, 5.74) is 3.16. The summed E-state index contributed by atoms with van der Waals surface area (Å²) < 4.78 is 0. The Labute approximate surface area is 186 Å². The summed E-state index contributed by atoms with van der Waals surface area (Å²) in [6.45, 7) is 6.76. The van der Waals surface area contributed by atoms with Crippen LogP contribution < -0.4 is 0 Å². The number of rotatable bonds is 6. The third-order valence-corrected chi connectivity index (χ3v) is 7.28. The second-order valence-electron chi connectivity index (χ2n) is 10.5. The minimum atomic E-state index is -0.0703. The summed E-state index contributed by atoms with van der Waals surface area (Å²) in [5, 5.41) is 9.74. The van der Waals surface area contributed by atoms with Crippen molar-refractivity contribution in [1.82, 2.24) is 9.88 Å². The van der Waals surface area contributed by atoms with E-state index in [-0.39, 0.29) is 29.4 Å². The second kappa shape index (κ2) is 8.74. The average Bonchev–Trinajstić information content (AvgIpc) is 3.60. The number of pyridine rings is 1. The second-order valence-corrected chi connectivity index (χ2v) is 10.5. The fourth-order valence-corrected chi connectivity index (χ4v) is 5.20. The highest BCUT2D eigenvalue weighted by Crippen LogP contribution is 2.44. The van der Waals surface area contributed by atoms with E-state index in [4.69, 9.17) is 0 Å². The lowest BCUT2D eigenvalue weighted by Gasteiger charge is -2.43. The summed E-state index contributed by atoms with van der Waals surface area (Å²) >= 11 is 0. The maximum absolute atomic E-state index is 13.5. The number of carbonyl (C=O) groups is 1. The van der Waals surface area contributed by atoms with Gasteiger partial charge in [-0.15, -0.1) is 0 Å². The molecular weight excluding hydrogens is 384 g/mol. The van der Waals surface area contributed by atoms with E-state index in [1.165, 1.54) is 5.56 Å². The van der Waals surface area contributed by atoms with Crippen molar-refractivity contribution in [1.29, 1.82) is 0 Å². The minimum Gasteiger partial charge on any atom is -0.396 e. The number of carbonyl (C=O) groups excluding carboxylic acids is 1. The van der Waals surface area contributed by atoms with Crippen molar-refractivity contribution in [3.8, 4) is 0 Å². The van der Waals surface area contributed by atoms with E-state index >= 15 is 0 Å². The van der Waals surface area contributed by atoms with Crippen LogP contribution >= 0.6 is 0 Å². The van der Waals surface area contributed by atoms with E-state index < -0.39 is 0 Å². The minimum absolute atomic E-state index is 0.0703. The lowest BCUT2D eigenvalue weighted by Crippen LogP contribution is -2.47. The average molecular weight is 421 g/mol. The number of aromatic nitrogens is 1. The summed E-state index contributed by atoms with van der Waals surface area (Å²) in [6.07, 6.45) is 8.69. The smallest absolute Gasteiger partial charge is 0.254 e. The van der Waals surface area contributed by atoms with Gasteiger partial charge in [0.25, 0.3) is 5.91 Å². The van der Waals surface area contributed by atoms with Crippen LogP contribution in [-0.4, -0.2) is 39.6 Å². The van der Waals surface area contributed by atoms with E-state index in [1.807, 2.05) is 30.5 Å². The molecule has 0 bridgehead atoms. The molecule has 2 saturated carbocycles. The molecule has 166 valence electrons. The lowest BCUT2D eigenvalue weighted by atomic mass is 9.68. The van der Waals surface area contributed by atoms with Crippen molar-refractivity contribution in [3.63, 3.8) is 0 Å². The van der Waals surface area contributed by atoms with Crippen molar-refractivity contribution >= 4 is 5.91 Å². The molecule has 0 radical (unpaired) electrons. The highest BCUT2D eigenvalue weighted by atomic mass is 16.3. The monoisotopic (exact) mass is 420 g/mol. The van der Waals surface area contributed by atoms with Crippen LogP contribution in [-0.2, 0) is 10.8 Å². The Hall–Kier alpha value is -2.20. The Morgan fingerprint density at radius 2 is 1.68 bits per heavy atom. The molecule has 1 heterocycles. The summed E-state index contributed by atoms with van der Waals surface area (Å²) in [4.78, 5) is 20.3. The van der Waals surface area contributed by atoms with Gasteiger partial charge in [-0.3, -0.25) is 9.78 Å². The first-order chi connectivity index (χ1) is 14.8. The van der Waals surface area contributed by atoms with Gasteiger partial charge >= 0.3 is 0 Å². The van der Waals surface area contributed by atoms with Gasteiger partial charge in [0.1, 0.15) is 0 Å². The zero-order valence-corrected chi connectivity index (χ0v) is 19.2. The van der Waals surface area contributed by atoms with Gasteiger partial charge in [0.2, 0.25) is 0 Å². The van der Waals surface area contributed by atoms with Gasteiger partial charge in [-0.25, -0.2) is 0 Å². The van der Waals surface area contributed by atoms with Crippen LogP contribution in [0, 0.1) is 0 Å². The number of benzene rings is 1. The van der Waals surface area contributed by atoms with Crippen molar-refractivity contribution in [3.05, 3.63) is 65.5 Å². The molecule has 31 heavy (non-hydrogen) atoms. The zero-order chi connectivity index (χ0) is 22.1. The van der Waals surface area contributed by atoms with Crippen molar-refractivity contribution in [2.75, 3.05) is 6.61 Å². The number of aliphatic hydroxyl groups excluding tert-OH is 1. The van der Waals surface area contributed by atoms with Gasteiger partial charge < -0.3 is 10.0 Å². The van der Waals surface area contributed by atoms with E-state index in [0.717, 1.165) is 56.2 Å². The Kier molecular flexibility index (Phi) is 6.20. The SMILES string of the molecule is CC(C)(C)c1ccc(C(=O)N(C2CC2)C2CCC(CCO)(c3ccccn3)CC2)cc1. The van der Waals surface area contributed by atoms with Crippen LogP contribution in [0.5, 0.6) is 0 Å². The fraction of sp³-hybridized carbons (Fsp3) is 0.556. The number of aliphatic hydroxyl groups is 1. The van der Waals surface area contributed by atoms with Gasteiger partial charge in [-0.05, 0) is 80.2 Å². The largest absolute Gasteiger partial charge is 0.396 e. The van der Waals surface area contributed by atoms with Crippen LogP contribution in [0.3, 0.4) is 0 Å². The quantitative estimate of drug-likeness (QED) is 0.695. The number of hydrogen-bond acceptors (Lipinski definition) is 3. The first-order valence-corrected chi connectivity index (χ1v) is 11.8. The molecule has 4 heteroatoms. The van der Waals surface area contributed by atoms with E-state index in [9.17, 15) is 9.90 Å². The predicted molar refractivity (Wildman–Crippen MR) is 124 cm³/mol. The standard InChI is InChI=1S/C27H36N2O2/c1-26(2,3)21-9-7-20(8-10-21)25(31)29(22-11-12-22)23-13-15-27(16-14-23,17-19-30)24-6-4-5-18-28-24/h4-10,18,22-23,30H,11-17,19H2,1-3H3. The first kappa shape index (κ1) is 22.0. The molecule has 2 aliphatic carbocycles. The number of hydrogen-bond donors (Lipinski definition) is 1. The molecule has 1 N–H and O–H groups in total. The molecule has 2 aromatic rings. The van der Waals surface area contributed by atoms with Gasteiger partial charge in [-0.1, -0.05) is 39.0 Å². The highest BCUT2D eigenvalue weighted by Gasteiger charge is 2.43. The van der Waals surface area contributed by atoms with Crippen LogP contribution in [0.2, 0.25) is 0 Å². The third kappa shape index (κ3) is 4.69. The molecular formula is C27H36N2O2. The maximum Gasteiger partial charge on any atom is 0.254 e. The number of amides is 1. The van der Waals surface area contributed by atoms with E-state index in [1.54, 1.807) is 0 Å². The molecule has 4 rings (SSSR count). The van der Waals surface area contributed by atoms with Crippen molar-refractivity contribution in [2.45, 2.75) is 88.6 Å². The Morgan fingerprint density at radius 3 is 2.19 bits per heavy atom. The van der Waals surface area contributed by atoms with Gasteiger partial charge in [0.05, 0.1) is 0 Å². The maximum atomic E-state index is 13.5. The van der Waals surface area contributed by atoms with Gasteiger partial charge in [0.15, 0.2) is 0 Å². The van der Waals surface area contributed by atoms with Crippen LogP contribution in [0.15, 0.2) is 48.7 Å². The van der Waals surface area contributed by atoms with Gasteiger partial charge in [-0.2, -0.15) is 0 Å². The van der Waals surface area contributed by atoms with Crippen molar-refractivity contribution < 1.29 is 9.90 Å². The molecule has 2 fully saturated rings. The zero-order valence-electron chi connectivity index (χ0n) is 19.2. The molecule has 4 nitrogen and oxygen atoms in total. The Morgan fingerprint density at radius 1 is 1.03 bits per heavy atom. The van der Waals surface area contributed by atoms with Crippen LogP contribution in [0.4, 0.5) is 0 Å². The first-order valence-electron chi connectivity index (χ1n) is 11.8. The molecule has 1 amide bonds. The van der Waals surface area contributed by atoms with Crippen LogP contribution in [0.1, 0.15) is 87.3 Å². The Balaban J connectivity index is 1.51. The molecule has 0 aliphatic heterocycles. The molecule has 0 spiro atoms. The lowest BCUT2D eigenvalue weighted by molar-refractivity contribution is 0.0548. The predicted octanol–water partition coefficient (Wildman–Crippen LogP) is 5.25. The fourth-order valence-electron chi connectivity index (χ4n) is 5.20. The molecule has 0 atom stereocenters. The van der Waals surface area contributed by atoms with E-state index in [0.29, 0.717) is 6.04 Å². The van der Waals surface area contributed by atoms with Crippen LogP contribution in [0.25, 0.3) is 0 Å². The molecule has 1 aromatic heterocycles. The summed E-state index contributed by atoms with van der Waals surface area (Å²) in [7, 11) is 0. The third-order valence-electron chi connectivity index (χ3n) is 7.28. The molecule has 2 aliphatic rings. The Bertz CT molecular complexity index is 874. The molecule has 0 unspecified atom stereocenters. The normalized spacial score (nSPS) is 24.1. The van der Waals surface area contributed by atoms with E-state index in [2.05, 4.69) is 48.9 Å². The topological polar surface area (TPSA) is 53.4 Å². The highest BCUT2D eigenvalue weighted by molar-refractivity contribution is 5.95. The number of nitrogens with zero attached hydrogens (tertiary/aromatic N) is 2. The molecule has 1 aromatic carbocycles. The van der Waals surface area contributed by atoms with Gasteiger partial charge in [0, 0.05) is 41.6 Å². The molecule has 0 saturated heterocycles.